The van der Waals surface area contributed by atoms with Gasteiger partial charge >= 0.3 is 0 Å². The lowest BCUT2D eigenvalue weighted by Crippen LogP contribution is -2.30. The number of rotatable bonds is 7. The van der Waals surface area contributed by atoms with Crippen LogP contribution >= 0.6 is 0 Å². The number of hydrogen-bond donors (Lipinski definition) is 1. The molecule has 0 fully saturated rings. The molecule has 2 heterocycles. The van der Waals surface area contributed by atoms with Gasteiger partial charge in [0.05, 0.1) is 12.2 Å². The number of nitrogens with one attached hydrogen (secondary N) is 1. The highest BCUT2D eigenvalue weighted by atomic mass is 15.4. The van der Waals surface area contributed by atoms with E-state index in [-0.39, 0.29) is 0 Å². The SMILES string of the molecule is CCCNCc1cn(CCN2CC=CCC2)nn1. The molecule has 100 valence electrons. The Bertz CT molecular complexity index is 371. The van der Waals surface area contributed by atoms with E-state index in [0.29, 0.717) is 0 Å². The molecule has 2 rings (SSSR count). The van der Waals surface area contributed by atoms with Crippen molar-refractivity contribution in [3.05, 3.63) is 24.0 Å². The summed E-state index contributed by atoms with van der Waals surface area (Å²) in [5, 5.41) is 11.7. The minimum absolute atomic E-state index is 0.820. The van der Waals surface area contributed by atoms with E-state index in [0.717, 1.165) is 51.4 Å². The molecule has 1 N–H and O–H groups in total. The van der Waals surface area contributed by atoms with Gasteiger partial charge in [-0.15, -0.1) is 5.10 Å². The second kappa shape index (κ2) is 7.28. The fraction of sp³-hybridized carbons (Fsp3) is 0.692. The Morgan fingerprint density at radius 1 is 1.33 bits per heavy atom. The first-order valence-corrected chi connectivity index (χ1v) is 6.85. The van der Waals surface area contributed by atoms with Crippen LogP contribution in [0.4, 0.5) is 0 Å². The van der Waals surface area contributed by atoms with Crippen LogP contribution in [0.3, 0.4) is 0 Å². The summed E-state index contributed by atoms with van der Waals surface area (Å²) in [4.78, 5) is 2.44. The quantitative estimate of drug-likeness (QED) is 0.579. The number of aromatic nitrogens is 3. The van der Waals surface area contributed by atoms with E-state index < -0.39 is 0 Å². The van der Waals surface area contributed by atoms with E-state index >= 15 is 0 Å². The van der Waals surface area contributed by atoms with E-state index in [2.05, 4.69) is 39.6 Å². The van der Waals surface area contributed by atoms with Crippen molar-refractivity contribution < 1.29 is 0 Å². The van der Waals surface area contributed by atoms with Gasteiger partial charge < -0.3 is 5.32 Å². The van der Waals surface area contributed by atoms with Crippen LogP contribution < -0.4 is 5.32 Å². The van der Waals surface area contributed by atoms with Gasteiger partial charge in [-0.25, -0.2) is 0 Å². The second-order valence-electron chi connectivity index (χ2n) is 4.71. The molecule has 0 saturated heterocycles. The topological polar surface area (TPSA) is 46.0 Å². The maximum absolute atomic E-state index is 4.17. The van der Waals surface area contributed by atoms with Gasteiger partial charge in [0.1, 0.15) is 0 Å². The van der Waals surface area contributed by atoms with Crippen LogP contribution in [-0.2, 0) is 13.1 Å². The van der Waals surface area contributed by atoms with Crippen molar-refractivity contribution in [2.45, 2.75) is 32.9 Å². The summed E-state index contributed by atoms with van der Waals surface area (Å²) in [6, 6.07) is 0. The summed E-state index contributed by atoms with van der Waals surface area (Å²) in [6.07, 6.45) is 8.86. The number of hydrogen-bond acceptors (Lipinski definition) is 4. The van der Waals surface area contributed by atoms with Crippen LogP contribution in [-0.4, -0.2) is 46.1 Å². The van der Waals surface area contributed by atoms with Crippen molar-refractivity contribution in [2.75, 3.05) is 26.2 Å². The van der Waals surface area contributed by atoms with E-state index in [1.807, 2.05) is 10.9 Å². The number of nitrogens with zero attached hydrogens (tertiary/aromatic N) is 4. The Balaban J connectivity index is 1.70. The van der Waals surface area contributed by atoms with Gasteiger partial charge in [-0.3, -0.25) is 9.58 Å². The molecule has 0 radical (unpaired) electrons. The summed E-state index contributed by atoms with van der Waals surface area (Å²) in [5.41, 5.74) is 1.03. The lowest BCUT2D eigenvalue weighted by Gasteiger charge is -2.22. The summed E-state index contributed by atoms with van der Waals surface area (Å²) < 4.78 is 1.95. The Morgan fingerprint density at radius 3 is 3.06 bits per heavy atom. The van der Waals surface area contributed by atoms with Gasteiger partial charge in [0.25, 0.3) is 0 Å². The average Bonchev–Trinajstić information content (AvgIpc) is 2.86. The van der Waals surface area contributed by atoms with Crippen molar-refractivity contribution in [1.29, 1.82) is 0 Å². The van der Waals surface area contributed by atoms with E-state index in [9.17, 15) is 0 Å². The van der Waals surface area contributed by atoms with Crippen LogP contribution in [0.1, 0.15) is 25.5 Å². The van der Waals surface area contributed by atoms with Crippen molar-refractivity contribution in [1.82, 2.24) is 25.2 Å². The van der Waals surface area contributed by atoms with Crippen molar-refractivity contribution in [2.24, 2.45) is 0 Å². The molecular weight excluding hydrogens is 226 g/mol. The Morgan fingerprint density at radius 2 is 2.28 bits per heavy atom. The predicted octanol–water partition coefficient (Wildman–Crippen LogP) is 1.04. The van der Waals surface area contributed by atoms with E-state index in [1.165, 1.54) is 6.42 Å². The average molecular weight is 249 g/mol. The van der Waals surface area contributed by atoms with Gasteiger partial charge in [-0.1, -0.05) is 24.3 Å². The summed E-state index contributed by atoms with van der Waals surface area (Å²) in [5.74, 6) is 0. The molecule has 0 aromatic carbocycles. The first kappa shape index (κ1) is 13.2. The van der Waals surface area contributed by atoms with Gasteiger partial charge in [0.2, 0.25) is 0 Å². The molecule has 1 aromatic rings. The summed E-state index contributed by atoms with van der Waals surface area (Å²) in [6.45, 7) is 8.23. The van der Waals surface area contributed by atoms with Crippen LogP contribution in [0.15, 0.2) is 18.3 Å². The first-order valence-electron chi connectivity index (χ1n) is 6.85. The molecule has 1 aliphatic heterocycles. The molecule has 1 aromatic heterocycles. The predicted molar refractivity (Wildman–Crippen MR) is 72.2 cm³/mol. The minimum atomic E-state index is 0.820. The summed E-state index contributed by atoms with van der Waals surface area (Å²) in [7, 11) is 0. The highest BCUT2D eigenvalue weighted by molar-refractivity contribution is 4.92. The largest absolute Gasteiger partial charge is 0.311 e. The van der Waals surface area contributed by atoms with Crippen molar-refractivity contribution >= 4 is 0 Å². The van der Waals surface area contributed by atoms with E-state index in [1.54, 1.807) is 0 Å². The van der Waals surface area contributed by atoms with Crippen LogP contribution in [0.5, 0.6) is 0 Å². The third-order valence-corrected chi connectivity index (χ3v) is 3.11. The van der Waals surface area contributed by atoms with Crippen LogP contribution in [0.25, 0.3) is 0 Å². The van der Waals surface area contributed by atoms with Crippen LogP contribution in [0, 0.1) is 0 Å². The normalized spacial score (nSPS) is 16.3. The van der Waals surface area contributed by atoms with Crippen LogP contribution in [0.2, 0.25) is 0 Å². The molecule has 0 unspecified atom stereocenters. The van der Waals surface area contributed by atoms with Crippen molar-refractivity contribution in [3.63, 3.8) is 0 Å². The molecule has 0 aliphatic carbocycles. The molecule has 0 bridgehead atoms. The zero-order chi connectivity index (χ0) is 12.6. The third-order valence-electron chi connectivity index (χ3n) is 3.11. The van der Waals surface area contributed by atoms with Gasteiger partial charge in [0.15, 0.2) is 0 Å². The molecular formula is C13H23N5. The monoisotopic (exact) mass is 249 g/mol. The minimum Gasteiger partial charge on any atom is -0.311 e. The zero-order valence-corrected chi connectivity index (χ0v) is 11.2. The zero-order valence-electron chi connectivity index (χ0n) is 11.2. The fourth-order valence-corrected chi connectivity index (χ4v) is 2.06. The molecule has 5 nitrogen and oxygen atoms in total. The second-order valence-corrected chi connectivity index (χ2v) is 4.71. The lowest BCUT2D eigenvalue weighted by molar-refractivity contribution is 0.280. The van der Waals surface area contributed by atoms with Gasteiger partial charge in [-0.05, 0) is 19.4 Å². The highest BCUT2D eigenvalue weighted by Gasteiger charge is 2.06. The van der Waals surface area contributed by atoms with Gasteiger partial charge in [-0.2, -0.15) is 0 Å². The Hall–Kier alpha value is -1.20. The molecule has 0 saturated carbocycles. The van der Waals surface area contributed by atoms with E-state index in [4.69, 9.17) is 0 Å². The lowest BCUT2D eigenvalue weighted by atomic mass is 10.2. The fourth-order valence-electron chi connectivity index (χ4n) is 2.06. The van der Waals surface area contributed by atoms with Gasteiger partial charge in [0, 0.05) is 32.4 Å². The maximum atomic E-state index is 4.17. The molecule has 0 spiro atoms. The molecule has 0 atom stereocenters. The Kier molecular flexibility index (Phi) is 5.36. The smallest absolute Gasteiger partial charge is 0.0964 e. The Labute approximate surface area is 109 Å². The summed E-state index contributed by atoms with van der Waals surface area (Å²) >= 11 is 0. The maximum Gasteiger partial charge on any atom is 0.0964 e. The first-order chi connectivity index (χ1) is 8.88. The molecule has 1 aliphatic rings. The standard InChI is InChI=1S/C13H23N5/c1-2-6-14-11-13-12-18(16-15-13)10-9-17-7-4-3-5-8-17/h3-4,12,14H,2,5-11H2,1H3. The molecule has 0 amide bonds. The van der Waals surface area contributed by atoms with Crippen molar-refractivity contribution in [3.8, 4) is 0 Å². The highest BCUT2D eigenvalue weighted by Crippen LogP contribution is 2.01. The molecule has 5 heteroatoms. The molecule has 18 heavy (non-hydrogen) atoms. The third kappa shape index (κ3) is 4.23.